The van der Waals surface area contributed by atoms with Crippen molar-refractivity contribution in [2.75, 3.05) is 6.54 Å². The van der Waals surface area contributed by atoms with Gasteiger partial charge in [-0.15, -0.1) is 0 Å². The highest BCUT2D eigenvalue weighted by Crippen LogP contribution is 2.37. The minimum atomic E-state index is 0.240. The van der Waals surface area contributed by atoms with Crippen molar-refractivity contribution in [3.05, 3.63) is 70.8 Å². The summed E-state index contributed by atoms with van der Waals surface area (Å²) in [4.78, 5) is 12.3. The van der Waals surface area contributed by atoms with E-state index in [0.717, 1.165) is 18.4 Å². The summed E-state index contributed by atoms with van der Waals surface area (Å²) in [5, 5.41) is 0. The lowest BCUT2D eigenvalue weighted by molar-refractivity contribution is 0.0970. The molecule has 2 nitrogen and oxygen atoms in total. The second-order valence-electron chi connectivity index (χ2n) is 5.46. The summed E-state index contributed by atoms with van der Waals surface area (Å²) in [7, 11) is 0. The number of Topliss-reactive ketones (excluding diaryl/α,β-unsaturated/α-hetero) is 1. The standard InChI is InChI=1S/C18H19NO/c19-10-9-13-5-7-14(8-6-13)18(20)12-16-11-15-3-1-2-4-17(15)16/h1-8,16H,9-12,19H2. The first-order valence-corrected chi connectivity index (χ1v) is 7.18. The minimum Gasteiger partial charge on any atom is -0.330 e. The number of rotatable bonds is 5. The van der Waals surface area contributed by atoms with Crippen LogP contribution in [0.1, 0.15) is 39.4 Å². The van der Waals surface area contributed by atoms with Gasteiger partial charge in [-0.3, -0.25) is 4.79 Å². The minimum absolute atomic E-state index is 0.240. The van der Waals surface area contributed by atoms with E-state index in [9.17, 15) is 4.79 Å². The second kappa shape index (κ2) is 5.59. The number of hydrogen-bond donors (Lipinski definition) is 1. The van der Waals surface area contributed by atoms with Gasteiger partial charge in [0.15, 0.2) is 5.78 Å². The van der Waals surface area contributed by atoms with Gasteiger partial charge in [0.2, 0.25) is 0 Å². The first kappa shape index (κ1) is 13.1. The number of benzene rings is 2. The van der Waals surface area contributed by atoms with Gasteiger partial charge in [-0.2, -0.15) is 0 Å². The van der Waals surface area contributed by atoms with Crippen LogP contribution in [0.25, 0.3) is 0 Å². The van der Waals surface area contributed by atoms with Gasteiger partial charge in [-0.1, -0.05) is 48.5 Å². The smallest absolute Gasteiger partial charge is 0.163 e. The summed E-state index contributed by atoms with van der Waals surface area (Å²) >= 11 is 0. The Morgan fingerprint density at radius 3 is 2.55 bits per heavy atom. The molecule has 0 bridgehead atoms. The van der Waals surface area contributed by atoms with Crippen molar-refractivity contribution < 1.29 is 4.79 Å². The Kier molecular flexibility index (Phi) is 3.66. The molecule has 2 heteroatoms. The van der Waals surface area contributed by atoms with E-state index < -0.39 is 0 Å². The van der Waals surface area contributed by atoms with Crippen LogP contribution < -0.4 is 5.73 Å². The molecule has 1 unspecified atom stereocenters. The van der Waals surface area contributed by atoms with Gasteiger partial charge in [0.1, 0.15) is 0 Å². The fourth-order valence-electron chi connectivity index (χ4n) is 2.91. The fourth-order valence-corrected chi connectivity index (χ4v) is 2.91. The third-order valence-electron chi connectivity index (χ3n) is 4.10. The SMILES string of the molecule is NCCc1ccc(C(=O)CC2Cc3ccccc32)cc1. The maximum absolute atomic E-state index is 12.3. The molecule has 102 valence electrons. The third kappa shape index (κ3) is 2.52. The maximum Gasteiger partial charge on any atom is 0.163 e. The van der Waals surface area contributed by atoms with Gasteiger partial charge in [0, 0.05) is 12.0 Å². The van der Waals surface area contributed by atoms with Crippen molar-refractivity contribution in [2.24, 2.45) is 5.73 Å². The number of nitrogens with two attached hydrogens (primary N) is 1. The van der Waals surface area contributed by atoms with E-state index in [-0.39, 0.29) is 5.78 Å². The molecule has 1 atom stereocenters. The average molecular weight is 265 g/mol. The van der Waals surface area contributed by atoms with Crippen LogP contribution in [0.2, 0.25) is 0 Å². The molecular formula is C18H19NO. The summed E-state index contributed by atoms with van der Waals surface area (Å²) in [6.45, 7) is 0.645. The number of carbonyl (C=O) groups is 1. The van der Waals surface area contributed by atoms with Crippen LogP contribution in [0.4, 0.5) is 0 Å². The number of carbonyl (C=O) groups excluding carboxylic acids is 1. The summed E-state index contributed by atoms with van der Waals surface area (Å²) in [6.07, 6.45) is 2.52. The van der Waals surface area contributed by atoms with E-state index in [2.05, 4.69) is 24.3 Å². The second-order valence-corrected chi connectivity index (χ2v) is 5.46. The van der Waals surface area contributed by atoms with Gasteiger partial charge < -0.3 is 5.73 Å². The zero-order chi connectivity index (χ0) is 13.9. The summed E-state index contributed by atoms with van der Waals surface area (Å²) in [5.74, 6) is 0.645. The normalized spacial score (nSPS) is 16.4. The largest absolute Gasteiger partial charge is 0.330 e. The van der Waals surface area contributed by atoms with Crippen LogP contribution in [0.15, 0.2) is 48.5 Å². The average Bonchev–Trinajstić information content (AvgIpc) is 2.46. The van der Waals surface area contributed by atoms with Crippen molar-refractivity contribution in [1.82, 2.24) is 0 Å². The van der Waals surface area contributed by atoms with Crippen LogP contribution >= 0.6 is 0 Å². The fraction of sp³-hybridized carbons (Fsp3) is 0.278. The van der Waals surface area contributed by atoms with Crippen LogP contribution in [0.5, 0.6) is 0 Å². The van der Waals surface area contributed by atoms with Crippen LogP contribution in [-0.2, 0) is 12.8 Å². The molecule has 0 heterocycles. The van der Waals surface area contributed by atoms with Crippen molar-refractivity contribution in [3.8, 4) is 0 Å². The molecule has 2 aromatic carbocycles. The van der Waals surface area contributed by atoms with Crippen molar-refractivity contribution >= 4 is 5.78 Å². The van der Waals surface area contributed by atoms with E-state index in [1.54, 1.807) is 0 Å². The Bertz CT molecular complexity index is 616. The molecule has 0 aromatic heterocycles. The van der Waals surface area contributed by atoms with Gasteiger partial charge >= 0.3 is 0 Å². The maximum atomic E-state index is 12.3. The summed E-state index contributed by atoms with van der Waals surface area (Å²) in [5.41, 5.74) is 10.3. The zero-order valence-electron chi connectivity index (χ0n) is 11.5. The molecule has 0 spiro atoms. The highest BCUT2D eigenvalue weighted by molar-refractivity contribution is 5.96. The molecule has 0 saturated heterocycles. The van der Waals surface area contributed by atoms with Crippen molar-refractivity contribution in [3.63, 3.8) is 0 Å². The Hall–Kier alpha value is -1.93. The predicted molar refractivity (Wildman–Crippen MR) is 81.0 cm³/mol. The molecule has 0 saturated carbocycles. The molecule has 1 aliphatic rings. The van der Waals surface area contributed by atoms with Crippen LogP contribution in [0, 0.1) is 0 Å². The Morgan fingerprint density at radius 1 is 1.10 bits per heavy atom. The lowest BCUT2D eigenvalue weighted by atomic mass is 9.74. The van der Waals surface area contributed by atoms with Gasteiger partial charge in [-0.05, 0) is 42.0 Å². The van der Waals surface area contributed by atoms with Crippen LogP contribution in [-0.4, -0.2) is 12.3 Å². The zero-order valence-corrected chi connectivity index (χ0v) is 11.5. The highest BCUT2D eigenvalue weighted by atomic mass is 16.1. The summed E-state index contributed by atoms with van der Waals surface area (Å²) < 4.78 is 0. The number of hydrogen-bond acceptors (Lipinski definition) is 2. The molecule has 3 rings (SSSR count). The first-order chi connectivity index (χ1) is 9.78. The molecule has 2 aromatic rings. The lowest BCUT2D eigenvalue weighted by Crippen LogP contribution is -2.20. The third-order valence-corrected chi connectivity index (χ3v) is 4.10. The van der Waals surface area contributed by atoms with E-state index in [0.29, 0.717) is 18.9 Å². The predicted octanol–water partition coefficient (Wildman–Crippen LogP) is 3.10. The topological polar surface area (TPSA) is 43.1 Å². The number of fused-ring (bicyclic) bond motifs is 1. The first-order valence-electron chi connectivity index (χ1n) is 7.18. The molecule has 1 aliphatic carbocycles. The van der Waals surface area contributed by atoms with E-state index in [1.807, 2.05) is 24.3 Å². The van der Waals surface area contributed by atoms with Crippen molar-refractivity contribution in [1.29, 1.82) is 0 Å². The van der Waals surface area contributed by atoms with E-state index in [4.69, 9.17) is 5.73 Å². The molecule has 20 heavy (non-hydrogen) atoms. The molecule has 0 amide bonds. The number of ketones is 1. The Morgan fingerprint density at radius 2 is 1.85 bits per heavy atom. The van der Waals surface area contributed by atoms with E-state index >= 15 is 0 Å². The van der Waals surface area contributed by atoms with E-state index in [1.165, 1.54) is 16.7 Å². The quantitative estimate of drug-likeness (QED) is 0.844. The van der Waals surface area contributed by atoms with Gasteiger partial charge in [0.25, 0.3) is 0 Å². The molecule has 2 N–H and O–H groups in total. The monoisotopic (exact) mass is 265 g/mol. The molecule has 0 radical (unpaired) electrons. The van der Waals surface area contributed by atoms with Crippen LogP contribution in [0.3, 0.4) is 0 Å². The van der Waals surface area contributed by atoms with Gasteiger partial charge in [-0.25, -0.2) is 0 Å². The Balaban J connectivity index is 1.66. The lowest BCUT2D eigenvalue weighted by Gasteiger charge is -2.29. The Labute approximate surface area is 119 Å². The summed E-state index contributed by atoms with van der Waals surface area (Å²) in [6, 6.07) is 16.3. The molecule has 0 aliphatic heterocycles. The van der Waals surface area contributed by atoms with Gasteiger partial charge in [0.05, 0.1) is 0 Å². The highest BCUT2D eigenvalue weighted by Gasteiger charge is 2.27. The van der Waals surface area contributed by atoms with Crippen molar-refractivity contribution in [2.45, 2.75) is 25.2 Å². The molecule has 0 fully saturated rings. The molecular weight excluding hydrogens is 246 g/mol.